The molecule has 2 aromatic rings. The van der Waals surface area contributed by atoms with Crippen LogP contribution in [0.2, 0.25) is 0 Å². The zero-order valence-corrected chi connectivity index (χ0v) is 18.7. The predicted molar refractivity (Wildman–Crippen MR) is 126 cm³/mol. The third-order valence-corrected chi connectivity index (χ3v) is 5.93. The number of rotatable bonds is 7. The number of nitrogens with one attached hydrogen (secondary N) is 2. The Balaban J connectivity index is 1.28. The van der Waals surface area contributed by atoms with Crippen LogP contribution in [0.3, 0.4) is 0 Å². The Labute approximate surface area is 185 Å². The van der Waals surface area contributed by atoms with E-state index in [1.165, 1.54) is 5.56 Å². The fraction of sp³-hybridized carbons (Fsp3) is 0.500. The van der Waals surface area contributed by atoms with Gasteiger partial charge in [-0.15, -0.1) is 0 Å². The molecule has 0 aliphatic carbocycles. The van der Waals surface area contributed by atoms with E-state index in [4.69, 9.17) is 9.73 Å². The summed E-state index contributed by atoms with van der Waals surface area (Å²) in [6.45, 7) is 11.9. The molecule has 31 heavy (non-hydrogen) atoms. The summed E-state index contributed by atoms with van der Waals surface area (Å²) >= 11 is 0. The maximum Gasteiger partial charge on any atom is 0.191 e. The standard InChI is InChI=1S/C24H34N6O/c1-3-25-24(28-18-21-15-20-7-5-6-8-22(20)31-21)27-17-19-9-10-23(26-16-19)30-13-11-29(4-2)12-14-30/h5-10,16,21H,3-4,11-15,17-18H2,1-2H3,(H2,25,27,28). The lowest BCUT2D eigenvalue weighted by Crippen LogP contribution is -2.46. The van der Waals surface area contributed by atoms with E-state index in [1.807, 2.05) is 18.3 Å². The van der Waals surface area contributed by atoms with Crippen LogP contribution in [0.5, 0.6) is 5.75 Å². The van der Waals surface area contributed by atoms with Gasteiger partial charge in [-0.3, -0.25) is 0 Å². The van der Waals surface area contributed by atoms with E-state index in [9.17, 15) is 0 Å². The first-order valence-corrected chi connectivity index (χ1v) is 11.4. The molecule has 1 aromatic heterocycles. The quantitative estimate of drug-likeness (QED) is 0.527. The smallest absolute Gasteiger partial charge is 0.191 e. The minimum atomic E-state index is 0.135. The van der Waals surface area contributed by atoms with Crippen molar-refractivity contribution < 1.29 is 4.74 Å². The molecule has 7 nitrogen and oxygen atoms in total. The normalized spacial score (nSPS) is 19.1. The van der Waals surface area contributed by atoms with Gasteiger partial charge in [0.15, 0.2) is 5.96 Å². The summed E-state index contributed by atoms with van der Waals surface area (Å²) in [6.07, 6.45) is 3.02. The molecule has 1 saturated heterocycles. The molecule has 0 radical (unpaired) electrons. The van der Waals surface area contributed by atoms with Gasteiger partial charge in [-0.2, -0.15) is 0 Å². The number of piperazine rings is 1. The highest BCUT2D eigenvalue weighted by molar-refractivity contribution is 5.79. The number of benzene rings is 1. The van der Waals surface area contributed by atoms with Gasteiger partial charge in [0, 0.05) is 45.3 Å². The van der Waals surface area contributed by atoms with E-state index >= 15 is 0 Å². The molecular weight excluding hydrogens is 388 g/mol. The first kappa shape index (κ1) is 21.4. The fourth-order valence-corrected chi connectivity index (χ4v) is 4.08. The number of aromatic nitrogens is 1. The zero-order valence-electron chi connectivity index (χ0n) is 18.7. The van der Waals surface area contributed by atoms with Crippen molar-refractivity contribution in [2.24, 2.45) is 4.99 Å². The van der Waals surface area contributed by atoms with E-state index < -0.39 is 0 Å². The van der Waals surface area contributed by atoms with Gasteiger partial charge in [0.1, 0.15) is 17.7 Å². The molecule has 7 heteroatoms. The first-order valence-electron chi connectivity index (χ1n) is 11.4. The summed E-state index contributed by atoms with van der Waals surface area (Å²) < 4.78 is 6.02. The maximum atomic E-state index is 6.02. The zero-order chi connectivity index (χ0) is 21.5. The monoisotopic (exact) mass is 422 g/mol. The molecular formula is C24H34N6O. The van der Waals surface area contributed by atoms with Gasteiger partial charge in [-0.1, -0.05) is 31.2 Å². The molecule has 0 saturated carbocycles. The fourth-order valence-electron chi connectivity index (χ4n) is 4.08. The second-order valence-corrected chi connectivity index (χ2v) is 8.07. The van der Waals surface area contributed by atoms with Crippen molar-refractivity contribution in [3.05, 3.63) is 53.7 Å². The van der Waals surface area contributed by atoms with E-state index in [-0.39, 0.29) is 6.10 Å². The van der Waals surface area contributed by atoms with Crippen LogP contribution < -0.4 is 20.3 Å². The number of likely N-dealkylation sites (N-methyl/N-ethyl adjacent to an activating group) is 1. The van der Waals surface area contributed by atoms with Gasteiger partial charge in [-0.05, 0) is 36.7 Å². The number of pyridine rings is 1. The van der Waals surface area contributed by atoms with Crippen LogP contribution in [0.25, 0.3) is 0 Å². The predicted octanol–water partition coefficient (Wildman–Crippen LogP) is 2.28. The third-order valence-electron chi connectivity index (χ3n) is 5.93. The highest BCUT2D eigenvalue weighted by Gasteiger charge is 2.22. The van der Waals surface area contributed by atoms with Crippen molar-refractivity contribution in [2.45, 2.75) is 32.9 Å². The van der Waals surface area contributed by atoms with Gasteiger partial charge in [0.05, 0.1) is 13.1 Å². The summed E-state index contributed by atoms with van der Waals surface area (Å²) in [5.41, 5.74) is 2.39. The molecule has 1 aromatic carbocycles. The number of guanidine groups is 1. The lowest BCUT2D eigenvalue weighted by Gasteiger charge is -2.34. The van der Waals surface area contributed by atoms with Gasteiger partial charge in [0.25, 0.3) is 0 Å². The number of hydrogen-bond donors (Lipinski definition) is 2. The molecule has 0 bridgehead atoms. The van der Waals surface area contributed by atoms with Crippen molar-refractivity contribution in [1.82, 2.24) is 20.5 Å². The van der Waals surface area contributed by atoms with Gasteiger partial charge in [0.2, 0.25) is 0 Å². The number of ether oxygens (including phenoxy) is 1. The molecule has 3 heterocycles. The molecule has 2 aliphatic heterocycles. The highest BCUT2D eigenvalue weighted by Crippen LogP contribution is 2.27. The summed E-state index contributed by atoms with van der Waals surface area (Å²) in [4.78, 5) is 14.3. The molecule has 2 N–H and O–H groups in total. The second kappa shape index (κ2) is 10.5. The van der Waals surface area contributed by atoms with Crippen molar-refractivity contribution >= 4 is 11.8 Å². The summed E-state index contributed by atoms with van der Waals surface area (Å²) in [6, 6.07) is 12.5. The number of nitrogens with zero attached hydrogens (tertiary/aromatic N) is 4. The summed E-state index contributed by atoms with van der Waals surface area (Å²) in [7, 11) is 0. The molecule has 2 aliphatic rings. The van der Waals surface area contributed by atoms with Crippen molar-refractivity contribution in [2.75, 3.05) is 50.7 Å². The second-order valence-electron chi connectivity index (χ2n) is 8.07. The largest absolute Gasteiger partial charge is 0.488 e. The van der Waals surface area contributed by atoms with Crippen molar-refractivity contribution in [3.8, 4) is 5.75 Å². The Morgan fingerprint density at radius 3 is 2.65 bits per heavy atom. The maximum absolute atomic E-state index is 6.02. The van der Waals surface area contributed by atoms with Crippen LogP contribution in [-0.4, -0.2) is 67.8 Å². The lowest BCUT2D eigenvalue weighted by atomic mass is 10.1. The van der Waals surface area contributed by atoms with E-state index in [0.717, 1.165) is 75.3 Å². The van der Waals surface area contributed by atoms with Crippen molar-refractivity contribution in [1.29, 1.82) is 0 Å². The Kier molecular flexibility index (Phi) is 7.25. The van der Waals surface area contributed by atoms with Crippen LogP contribution >= 0.6 is 0 Å². The van der Waals surface area contributed by atoms with Gasteiger partial charge < -0.3 is 25.2 Å². The number of aliphatic imine (C=N–C) groups is 1. The molecule has 166 valence electrons. The highest BCUT2D eigenvalue weighted by atomic mass is 16.5. The number of anilines is 1. The van der Waals surface area contributed by atoms with Gasteiger partial charge >= 0.3 is 0 Å². The average molecular weight is 423 g/mol. The van der Waals surface area contributed by atoms with Gasteiger partial charge in [-0.25, -0.2) is 9.98 Å². The minimum Gasteiger partial charge on any atom is -0.488 e. The average Bonchev–Trinajstić information content (AvgIpc) is 3.24. The van der Waals surface area contributed by atoms with Crippen molar-refractivity contribution in [3.63, 3.8) is 0 Å². The van der Waals surface area contributed by atoms with Crippen LogP contribution in [0.4, 0.5) is 5.82 Å². The number of para-hydroxylation sites is 1. The topological polar surface area (TPSA) is 65.0 Å². The number of fused-ring (bicyclic) bond motifs is 1. The number of hydrogen-bond acceptors (Lipinski definition) is 5. The Morgan fingerprint density at radius 2 is 1.94 bits per heavy atom. The van der Waals surface area contributed by atoms with Crippen LogP contribution in [-0.2, 0) is 13.0 Å². The van der Waals surface area contributed by atoms with E-state index in [2.05, 4.69) is 63.5 Å². The first-order chi connectivity index (χ1) is 15.2. The molecule has 0 spiro atoms. The minimum absolute atomic E-state index is 0.135. The Bertz CT molecular complexity index is 836. The van der Waals surface area contributed by atoms with Crippen LogP contribution in [0.1, 0.15) is 25.0 Å². The van der Waals surface area contributed by atoms with Crippen LogP contribution in [0, 0.1) is 0 Å². The molecule has 1 unspecified atom stereocenters. The van der Waals surface area contributed by atoms with Crippen LogP contribution in [0.15, 0.2) is 47.6 Å². The SMILES string of the molecule is CCNC(=NCc1ccc(N2CCN(CC)CC2)nc1)NCC1Cc2ccccc2O1. The molecule has 1 atom stereocenters. The van der Waals surface area contributed by atoms with E-state index in [1.54, 1.807) is 0 Å². The Hall–Kier alpha value is -2.80. The molecule has 0 amide bonds. The molecule has 1 fully saturated rings. The Morgan fingerprint density at radius 1 is 1.10 bits per heavy atom. The summed E-state index contributed by atoms with van der Waals surface area (Å²) in [5, 5.41) is 6.74. The third kappa shape index (κ3) is 5.67. The lowest BCUT2D eigenvalue weighted by molar-refractivity contribution is 0.235. The van der Waals surface area contributed by atoms with E-state index in [0.29, 0.717) is 6.54 Å². The summed E-state index contributed by atoms with van der Waals surface area (Å²) in [5.74, 6) is 2.87. The molecule has 4 rings (SSSR count).